The van der Waals surface area contributed by atoms with Crippen molar-refractivity contribution in [1.82, 2.24) is 4.98 Å². The fraction of sp³-hybridized carbons (Fsp3) is 0.455. The number of ether oxygens (including phenoxy) is 1. The first-order valence-corrected chi connectivity index (χ1v) is 5.36. The first kappa shape index (κ1) is 13.4. The molecule has 0 bridgehead atoms. The predicted octanol–water partition coefficient (Wildman–Crippen LogP) is 0.591. The molecule has 3 N–H and O–H groups in total. The van der Waals surface area contributed by atoms with Gasteiger partial charge in [0.1, 0.15) is 0 Å². The van der Waals surface area contributed by atoms with Crippen molar-refractivity contribution in [3.8, 4) is 0 Å². The van der Waals surface area contributed by atoms with Gasteiger partial charge in [-0.15, -0.1) is 0 Å². The molecule has 0 aromatic carbocycles. The molecule has 17 heavy (non-hydrogen) atoms. The zero-order valence-corrected chi connectivity index (χ0v) is 9.43. The smallest absolute Gasteiger partial charge is 0.356 e. The van der Waals surface area contributed by atoms with Crippen molar-refractivity contribution in [3.63, 3.8) is 0 Å². The normalized spacial score (nSPS) is 10.2. The van der Waals surface area contributed by atoms with Gasteiger partial charge in [-0.3, -0.25) is 0 Å². The fourth-order valence-corrected chi connectivity index (χ4v) is 1.28. The van der Waals surface area contributed by atoms with E-state index in [4.69, 9.17) is 14.9 Å². The summed E-state index contributed by atoms with van der Waals surface area (Å²) in [5.41, 5.74) is 0.519. The van der Waals surface area contributed by atoms with E-state index in [1.54, 1.807) is 12.1 Å². The summed E-state index contributed by atoms with van der Waals surface area (Å²) in [6.07, 6.45) is 2.17. The lowest BCUT2D eigenvalue weighted by atomic mass is 10.3. The number of nitrogens with zero attached hydrogens (tertiary/aromatic N) is 1. The number of aromatic nitrogens is 1. The highest BCUT2D eigenvalue weighted by Crippen LogP contribution is 2.11. The van der Waals surface area contributed by atoms with E-state index < -0.39 is 5.97 Å². The number of carboxylic acid groups (broad SMARTS) is 1. The van der Waals surface area contributed by atoms with Crippen LogP contribution in [0.4, 0.5) is 5.69 Å². The lowest BCUT2D eigenvalue weighted by Gasteiger charge is -2.08. The number of aromatic carboxylic acids is 1. The van der Waals surface area contributed by atoms with Gasteiger partial charge in [-0.2, -0.15) is 0 Å². The number of carboxylic acids is 1. The van der Waals surface area contributed by atoms with Gasteiger partial charge in [0.25, 0.3) is 0 Å². The molecule has 1 heterocycles. The second-order valence-electron chi connectivity index (χ2n) is 3.32. The molecule has 0 radical (unpaired) electrons. The lowest BCUT2D eigenvalue weighted by molar-refractivity contribution is 0.0691. The van der Waals surface area contributed by atoms with E-state index in [1.165, 1.54) is 6.20 Å². The largest absolute Gasteiger partial charge is 0.476 e. The zero-order chi connectivity index (χ0) is 12.5. The number of anilines is 1. The van der Waals surface area contributed by atoms with Crippen LogP contribution in [0.3, 0.4) is 0 Å². The number of pyridine rings is 1. The average Bonchev–Trinajstić information content (AvgIpc) is 2.34. The Hall–Kier alpha value is -1.66. The Labute approximate surface area is 99.3 Å². The molecule has 0 aliphatic carbocycles. The SMILES string of the molecule is O=C(O)c1ncccc1NCCCOCCO. The summed E-state index contributed by atoms with van der Waals surface area (Å²) >= 11 is 0. The molecule has 0 aliphatic heterocycles. The van der Waals surface area contributed by atoms with Gasteiger partial charge in [0, 0.05) is 19.3 Å². The Bertz CT molecular complexity index is 357. The third kappa shape index (κ3) is 4.80. The molecule has 0 amide bonds. The molecule has 94 valence electrons. The topological polar surface area (TPSA) is 91.7 Å². The van der Waals surface area contributed by atoms with E-state index in [0.717, 1.165) is 6.42 Å². The Kier molecular flexibility index (Phi) is 5.98. The fourth-order valence-electron chi connectivity index (χ4n) is 1.28. The number of carbonyl (C=O) groups is 1. The van der Waals surface area contributed by atoms with E-state index in [9.17, 15) is 4.79 Å². The molecule has 1 aromatic rings. The number of hydrogen-bond donors (Lipinski definition) is 3. The molecule has 0 atom stereocenters. The summed E-state index contributed by atoms with van der Waals surface area (Å²) in [7, 11) is 0. The molecule has 6 nitrogen and oxygen atoms in total. The van der Waals surface area contributed by atoms with Crippen LogP contribution in [-0.4, -0.2) is 47.5 Å². The van der Waals surface area contributed by atoms with Gasteiger partial charge in [-0.05, 0) is 18.6 Å². The Balaban J connectivity index is 2.34. The first-order chi connectivity index (χ1) is 8.25. The van der Waals surface area contributed by atoms with Crippen molar-refractivity contribution in [2.45, 2.75) is 6.42 Å². The highest BCUT2D eigenvalue weighted by Gasteiger charge is 2.09. The Morgan fingerprint density at radius 1 is 1.47 bits per heavy atom. The third-order valence-corrected chi connectivity index (χ3v) is 2.03. The van der Waals surface area contributed by atoms with Crippen molar-refractivity contribution >= 4 is 11.7 Å². The summed E-state index contributed by atoms with van der Waals surface area (Å²) in [4.78, 5) is 14.6. The standard InChI is InChI=1S/C11H16N2O4/c14-6-8-17-7-2-5-12-9-3-1-4-13-10(9)11(15)16/h1,3-4,12,14H,2,5-8H2,(H,15,16). The van der Waals surface area contributed by atoms with Crippen LogP contribution in [0, 0.1) is 0 Å². The van der Waals surface area contributed by atoms with Crippen LogP contribution in [-0.2, 0) is 4.74 Å². The summed E-state index contributed by atoms with van der Waals surface area (Å²) in [5, 5.41) is 20.4. The van der Waals surface area contributed by atoms with E-state index in [2.05, 4.69) is 10.3 Å². The molecule has 0 unspecified atom stereocenters. The van der Waals surface area contributed by atoms with Crippen molar-refractivity contribution in [1.29, 1.82) is 0 Å². The van der Waals surface area contributed by atoms with Crippen LogP contribution >= 0.6 is 0 Å². The van der Waals surface area contributed by atoms with Crippen LogP contribution in [0.1, 0.15) is 16.9 Å². The third-order valence-electron chi connectivity index (χ3n) is 2.03. The number of rotatable bonds is 8. The molecule has 6 heteroatoms. The molecule has 0 saturated carbocycles. The van der Waals surface area contributed by atoms with Gasteiger partial charge >= 0.3 is 5.97 Å². The second kappa shape index (κ2) is 7.59. The number of aliphatic hydroxyl groups excluding tert-OH is 1. The summed E-state index contributed by atoms with van der Waals surface area (Å²) in [6, 6.07) is 3.35. The van der Waals surface area contributed by atoms with Crippen LogP contribution in [0.15, 0.2) is 18.3 Å². The maximum atomic E-state index is 10.8. The van der Waals surface area contributed by atoms with Gasteiger partial charge < -0.3 is 20.3 Å². The Morgan fingerprint density at radius 2 is 2.29 bits per heavy atom. The quantitative estimate of drug-likeness (QED) is 0.576. The molecule has 0 aliphatic rings. The van der Waals surface area contributed by atoms with Crippen molar-refractivity contribution in [2.24, 2.45) is 0 Å². The van der Waals surface area contributed by atoms with Crippen LogP contribution in [0.2, 0.25) is 0 Å². The van der Waals surface area contributed by atoms with E-state index in [0.29, 0.717) is 25.4 Å². The van der Waals surface area contributed by atoms with Crippen molar-refractivity contribution in [2.75, 3.05) is 31.7 Å². The summed E-state index contributed by atoms with van der Waals surface area (Å²) in [6.45, 7) is 1.46. The number of nitrogens with one attached hydrogen (secondary N) is 1. The van der Waals surface area contributed by atoms with Crippen LogP contribution in [0.5, 0.6) is 0 Å². The predicted molar refractivity (Wildman–Crippen MR) is 62.2 cm³/mol. The van der Waals surface area contributed by atoms with E-state index >= 15 is 0 Å². The first-order valence-electron chi connectivity index (χ1n) is 5.36. The second-order valence-corrected chi connectivity index (χ2v) is 3.32. The summed E-state index contributed by atoms with van der Waals surface area (Å²) < 4.78 is 5.08. The molecule has 1 aromatic heterocycles. The molecule has 0 fully saturated rings. The van der Waals surface area contributed by atoms with E-state index in [-0.39, 0.29) is 12.3 Å². The molecule has 1 rings (SSSR count). The van der Waals surface area contributed by atoms with Gasteiger partial charge in [-0.1, -0.05) is 0 Å². The van der Waals surface area contributed by atoms with Gasteiger partial charge in [-0.25, -0.2) is 9.78 Å². The van der Waals surface area contributed by atoms with Crippen LogP contribution < -0.4 is 5.32 Å². The highest BCUT2D eigenvalue weighted by molar-refractivity contribution is 5.91. The van der Waals surface area contributed by atoms with Gasteiger partial charge in [0.2, 0.25) is 0 Å². The number of hydrogen-bond acceptors (Lipinski definition) is 5. The molecule has 0 saturated heterocycles. The molecular weight excluding hydrogens is 224 g/mol. The van der Waals surface area contributed by atoms with Crippen LogP contribution in [0.25, 0.3) is 0 Å². The van der Waals surface area contributed by atoms with E-state index in [1.807, 2.05) is 0 Å². The maximum Gasteiger partial charge on any atom is 0.356 e. The van der Waals surface area contributed by atoms with Gasteiger partial charge in [0.05, 0.1) is 18.9 Å². The lowest BCUT2D eigenvalue weighted by Crippen LogP contribution is -2.11. The van der Waals surface area contributed by atoms with Gasteiger partial charge in [0.15, 0.2) is 5.69 Å². The Morgan fingerprint density at radius 3 is 3.00 bits per heavy atom. The molecular formula is C11H16N2O4. The molecule has 0 spiro atoms. The minimum atomic E-state index is -1.05. The minimum Gasteiger partial charge on any atom is -0.476 e. The average molecular weight is 240 g/mol. The van der Waals surface area contributed by atoms with Crippen molar-refractivity contribution < 1.29 is 19.7 Å². The number of aliphatic hydroxyl groups is 1. The maximum absolute atomic E-state index is 10.8. The van der Waals surface area contributed by atoms with Crippen molar-refractivity contribution in [3.05, 3.63) is 24.0 Å². The summed E-state index contributed by atoms with van der Waals surface area (Å²) in [5.74, 6) is -1.05. The zero-order valence-electron chi connectivity index (χ0n) is 9.43. The monoisotopic (exact) mass is 240 g/mol. The minimum absolute atomic E-state index is 0.0131. The highest BCUT2D eigenvalue weighted by atomic mass is 16.5.